The van der Waals surface area contributed by atoms with E-state index in [2.05, 4.69) is 15.6 Å². The Morgan fingerprint density at radius 1 is 1.03 bits per heavy atom. The molecule has 2 aromatic carbocycles. The third kappa shape index (κ3) is 5.11. The van der Waals surface area contributed by atoms with Crippen molar-refractivity contribution in [2.24, 2.45) is 5.92 Å². The molecule has 6 nitrogen and oxygen atoms in total. The zero-order valence-corrected chi connectivity index (χ0v) is 18.2. The summed E-state index contributed by atoms with van der Waals surface area (Å²) in [5.74, 6) is 0.565. The molecule has 31 heavy (non-hydrogen) atoms. The summed E-state index contributed by atoms with van der Waals surface area (Å²) < 4.78 is 5.39. The van der Waals surface area contributed by atoms with Crippen LogP contribution in [0.1, 0.15) is 42.5 Å². The molecule has 0 unspecified atom stereocenters. The van der Waals surface area contributed by atoms with Crippen LogP contribution in [0.4, 0.5) is 10.8 Å². The lowest BCUT2D eigenvalue weighted by molar-refractivity contribution is -0.120. The van der Waals surface area contributed by atoms with Gasteiger partial charge >= 0.3 is 0 Å². The van der Waals surface area contributed by atoms with Crippen LogP contribution in [0.15, 0.2) is 53.9 Å². The molecule has 160 valence electrons. The van der Waals surface area contributed by atoms with Gasteiger partial charge in [0.15, 0.2) is 5.13 Å². The van der Waals surface area contributed by atoms with Crippen molar-refractivity contribution in [2.45, 2.75) is 32.1 Å². The Labute approximate surface area is 185 Å². The Balaban J connectivity index is 1.43. The molecule has 4 rings (SSSR count). The first-order chi connectivity index (χ1) is 15.1. The van der Waals surface area contributed by atoms with Crippen molar-refractivity contribution in [3.63, 3.8) is 0 Å². The van der Waals surface area contributed by atoms with Gasteiger partial charge in [0.2, 0.25) is 5.91 Å². The maximum atomic E-state index is 12.7. The van der Waals surface area contributed by atoms with Crippen LogP contribution in [0, 0.1) is 5.92 Å². The lowest BCUT2D eigenvalue weighted by atomic mass is 9.88. The molecule has 0 bridgehead atoms. The topological polar surface area (TPSA) is 80.3 Å². The molecule has 1 aliphatic carbocycles. The van der Waals surface area contributed by atoms with E-state index >= 15 is 0 Å². The second-order valence-electron chi connectivity index (χ2n) is 7.60. The van der Waals surface area contributed by atoms with Crippen LogP contribution in [0.3, 0.4) is 0 Å². The molecule has 0 atom stereocenters. The molecule has 0 aliphatic heterocycles. The summed E-state index contributed by atoms with van der Waals surface area (Å²) in [4.78, 5) is 29.8. The molecule has 7 heteroatoms. The fourth-order valence-electron chi connectivity index (χ4n) is 3.83. The molecule has 1 heterocycles. The maximum Gasteiger partial charge on any atom is 0.257 e. The molecule has 0 saturated heterocycles. The highest BCUT2D eigenvalue weighted by Crippen LogP contribution is 2.32. The van der Waals surface area contributed by atoms with Crippen LogP contribution < -0.4 is 15.4 Å². The van der Waals surface area contributed by atoms with Crippen molar-refractivity contribution in [1.29, 1.82) is 0 Å². The number of carbonyl (C=O) groups is 2. The fraction of sp³-hybridized carbons (Fsp3) is 0.292. The number of carbonyl (C=O) groups excluding carboxylic acids is 2. The van der Waals surface area contributed by atoms with E-state index in [4.69, 9.17) is 4.74 Å². The number of aromatic nitrogens is 1. The quantitative estimate of drug-likeness (QED) is 0.529. The van der Waals surface area contributed by atoms with Crippen molar-refractivity contribution in [3.8, 4) is 17.0 Å². The molecule has 2 amide bonds. The Morgan fingerprint density at radius 2 is 1.84 bits per heavy atom. The van der Waals surface area contributed by atoms with Crippen LogP contribution in [-0.4, -0.2) is 23.9 Å². The molecule has 0 spiro atoms. The highest BCUT2D eigenvalue weighted by Gasteiger charge is 2.21. The van der Waals surface area contributed by atoms with Crippen molar-refractivity contribution < 1.29 is 14.3 Å². The first kappa shape index (κ1) is 21.1. The third-order valence-electron chi connectivity index (χ3n) is 5.48. The van der Waals surface area contributed by atoms with Crippen molar-refractivity contribution in [2.75, 3.05) is 17.7 Å². The molecule has 2 N–H and O–H groups in total. The van der Waals surface area contributed by atoms with Gasteiger partial charge in [-0.3, -0.25) is 14.9 Å². The van der Waals surface area contributed by atoms with Crippen LogP contribution in [0.2, 0.25) is 0 Å². The first-order valence-electron chi connectivity index (χ1n) is 10.5. The Hall–Kier alpha value is -3.19. The van der Waals surface area contributed by atoms with Gasteiger partial charge in [-0.2, -0.15) is 0 Å². The third-order valence-corrected chi connectivity index (χ3v) is 6.23. The number of anilines is 2. The van der Waals surface area contributed by atoms with Gasteiger partial charge in [-0.25, -0.2) is 4.98 Å². The number of ether oxygens (including phenoxy) is 1. The molecule has 1 saturated carbocycles. The second kappa shape index (κ2) is 9.75. The number of methoxy groups -OCH3 is 1. The second-order valence-corrected chi connectivity index (χ2v) is 8.46. The van der Waals surface area contributed by atoms with E-state index in [-0.39, 0.29) is 17.7 Å². The summed E-state index contributed by atoms with van der Waals surface area (Å²) in [5.41, 5.74) is 2.72. The molecule has 1 aromatic heterocycles. The SMILES string of the molecule is COc1ccccc1-c1csc(NC(=O)c2cccc(NC(=O)C3CCCCC3)c2)n1. The van der Waals surface area contributed by atoms with Gasteiger partial charge in [-0.15, -0.1) is 11.3 Å². The average molecular weight is 436 g/mol. The van der Waals surface area contributed by atoms with E-state index in [1.807, 2.05) is 29.6 Å². The smallest absolute Gasteiger partial charge is 0.257 e. The number of nitrogens with zero attached hydrogens (tertiary/aromatic N) is 1. The van der Waals surface area contributed by atoms with Crippen LogP contribution >= 0.6 is 11.3 Å². The zero-order valence-electron chi connectivity index (χ0n) is 17.4. The normalized spacial score (nSPS) is 14.1. The average Bonchev–Trinajstić information content (AvgIpc) is 3.28. The number of hydrogen-bond acceptors (Lipinski definition) is 5. The van der Waals surface area contributed by atoms with Crippen LogP contribution in [0.5, 0.6) is 5.75 Å². The minimum absolute atomic E-state index is 0.0404. The lowest BCUT2D eigenvalue weighted by Crippen LogP contribution is -2.24. The number of benzene rings is 2. The van der Waals surface area contributed by atoms with Crippen molar-refractivity contribution in [1.82, 2.24) is 4.98 Å². The summed E-state index contributed by atoms with van der Waals surface area (Å²) in [7, 11) is 1.62. The zero-order chi connectivity index (χ0) is 21.6. The summed E-state index contributed by atoms with van der Waals surface area (Å²) in [5, 5.41) is 8.19. The van der Waals surface area contributed by atoms with Gasteiger partial charge in [0.25, 0.3) is 5.91 Å². The van der Waals surface area contributed by atoms with E-state index < -0.39 is 0 Å². The number of nitrogens with one attached hydrogen (secondary N) is 2. The number of rotatable bonds is 6. The van der Waals surface area contributed by atoms with Crippen LogP contribution in [0.25, 0.3) is 11.3 Å². The van der Waals surface area contributed by atoms with Gasteiger partial charge in [-0.1, -0.05) is 37.5 Å². The minimum atomic E-state index is -0.269. The molecule has 0 radical (unpaired) electrons. The predicted molar refractivity (Wildman–Crippen MR) is 124 cm³/mol. The van der Waals surface area contributed by atoms with E-state index in [0.29, 0.717) is 16.4 Å². The maximum absolute atomic E-state index is 12.7. The molecular weight excluding hydrogens is 410 g/mol. The number of thiazole rings is 1. The molecular formula is C24H25N3O3S. The molecule has 1 aliphatic rings. The lowest BCUT2D eigenvalue weighted by Gasteiger charge is -2.20. The van der Waals surface area contributed by atoms with Crippen molar-refractivity contribution >= 4 is 34.0 Å². The monoisotopic (exact) mass is 435 g/mol. The summed E-state index contributed by atoms with van der Waals surface area (Å²) in [6.45, 7) is 0. The Morgan fingerprint density at radius 3 is 2.65 bits per heavy atom. The Kier molecular flexibility index (Phi) is 6.62. The van der Waals surface area contributed by atoms with Gasteiger partial charge in [0, 0.05) is 28.1 Å². The van der Waals surface area contributed by atoms with E-state index in [1.165, 1.54) is 17.8 Å². The van der Waals surface area contributed by atoms with E-state index in [1.54, 1.807) is 31.4 Å². The number of para-hydroxylation sites is 1. The highest BCUT2D eigenvalue weighted by atomic mass is 32.1. The Bertz CT molecular complexity index is 1070. The standard InChI is InChI=1S/C24H25N3O3S/c1-30-21-13-6-5-12-19(21)20-15-31-24(26-20)27-23(29)17-10-7-11-18(14-17)25-22(28)16-8-3-2-4-9-16/h5-7,10-16H,2-4,8-9H2,1H3,(H,25,28)(H,26,27,29). The summed E-state index contributed by atoms with van der Waals surface area (Å²) in [6, 6.07) is 14.6. The van der Waals surface area contributed by atoms with Gasteiger partial charge in [0.1, 0.15) is 5.75 Å². The summed E-state index contributed by atoms with van der Waals surface area (Å²) >= 11 is 1.35. The van der Waals surface area contributed by atoms with E-state index in [0.717, 1.165) is 42.7 Å². The van der Waals surface area contributed by atoms with Gasteiger partial charge < -0.3 is 10.1 Å². The predicted octanol–water partition coefficient (Wildman–Crippen LogP) is 5.59. The van der Waals surface area contributed by atoms with Crippen molar-refractivity contribution in [3.05, 3.63) is 59.5 Å². The molecule has 3 aromatic rings. The van der Waals surface area contributed by atoms with Crippen LogP contribution in [-0.2, 0) is 4.79 Å². The fourth-order valence-corrected chi connectivity index (χ4v) is 4.53. The minimum Gasteiger partial charge on any atom is -0.496 e. The van der Waals surface area contributed by atoms with E-state index in [9.17, 15) is 9.59 Å². The number of hydrogen-bond donors (Lipinski definition) is 2. The summed E-state index contributed by atoms with van der Waals surface area (Å²) in [6.07, 6.45) is 5.28. The largest absolute Gasteiger partial charge is 0.496 e. The molecule has 1 fully saturated rings. The first-order valence-corrected chi connectivity index (χ1v) is 11.3. The number of amides is 2. The van der Waals surface area contributed by atoms with Gasteiger partial charge in [-0.05, 0) is 43.2 Å². The van der Waals surface area contributed by atoms with Gasteiger partial charge in [0.05, 0.1) is 12.8 Å². The highest BCUT2D eigenvalue weighted by molar-refractivity contribution is 7.14.